The predicted molar refractivity (Wildman–Crippen MR) is 86.2 cm³/mol. The number of carbonyl (C=O) groups excluding carboxylic acids is 1. The Morgan fingerprint density at radius 3 is 2.00 bits per heavy atom. The third-order valence-electron chi connectivity index (χ3n) is 3.60. The van der Waals surface area contributed by atoms with Crippen molar-refractivity contribution in [2.75, 3.05) is 7.11 Å². The average Bonchev–Trinajstić information content (AvgIpc) is 2.47. The fourth-order valence-corrected chi connectivity index (χ4v) is 2.19. The van der Waals surface area contributed by atoms with E-state index in [0.29, 0.717) is 6.42 Å². The summed E-state index contributed by atoms with van der Waals surface area (Å²) >= 11 is 0. The molecule has 110 valence electrons. The highest BCUT2D eigenvalue weighted by atomic mass is 16.5. The maximum atomic E-state index is 12.3. The monoisotopic (exact) mass is 282 g/mol. The molecule has 0 aliphatic heterocycles. The van der Waals surface area contributed by atoms with E-state index in [2.05, 4.69) is 20.8 Å². The summed E-state index contributed by atoms with van der Waals surface area (Å²) in [6.45, 7) is 6.50. The van der Waals surface area contributed by atoms with Crippen molar-refractivity contribution in [3.63, 3.8) is 0 Å². The molecule has 0 amide bonds. The number of methoxy groups -OCH3 is 1. The zero-order valence-corrected chi connectivity index (χ0v) is 13.1. The van der Waals surface area contributed by atoms with Crippen molar-refractivity contribution in [3.8, 4) is 5.75 Å². The van der Waals surface area contributed by atoms with Crippen molar-refractivity contribution in [3.05, 3.63) is 65.2 Å². The Morgan fingerprint density at radius 1 is 0.952 bits per heavy atom. The highest BCUT2D eigenvalue weighted by Gasteiger charge is 2.14. The number of Topliss-reactive ketones (excluding diaryl/α,β-unsaturated/α-hetero) is 1. The molecule has 0 heterocycles. The second kappa shape index (κ2) is 6.13. The SMILES string of the molecule is COc1ccc(CC(=O)c2ccc(C(C)(C)C)cc2)cc1. The van der Waals surface area contributed by atoms with Gasteiger partial charge in [-0.25, -0.2) is 0 Å². The zero-order valence-electron chi connectivity index (χ0n) is 13.1. The number of rotatable bonds is 4. The van der Waals surface area contributed by atoms with Gasteiger partial charge in [-0.05, 0) is 28.7 Å². The molecule has 0 radical (unpaired) electrons. The molecular weight excluding hydrogens is 260 g/mol. The van der Waals surface area contributed by atoms with Crippen molar-refractivity contribution in [2.45, 2.75) is 32.6 Å². The molecular formula is C19H22O2. The topological polar surface area (TPSA) is 26.3 Å². The Bertz CT molecular complexity index is 602. The van der Waals surface area contributed by atoms with Crippen LogP contribution >= 0.6 is 0 Å². The van der Waals surface area contributed by atoms with E-state index in [0.717, 1.165) is 16.9 Å². The number of hydrogen-bond acceptors (Lipinski definition) is 2. The lowest BCUT2D eigenvalue weighted by Crippen LogP contribution is -2.11. The molecule has 2 rings (SSSR count). The normalized spacial score (nSPS) is 11.2. The molecule has 0 saturated heterocycles. The van der Waals surface area contributed by atoms with Crippen LogP contribution in [0.1, 0.15) is 42.3 Å². The zero-order chi connectivity index (χ0) is 15.5. The Morgan fingerprint density at radius 2 is 1.52 bits per heavy atom. The summed E-state index contributed by atoms with van der Waals surface area (Å²) in [5, 5.41) is 0. The van der Waals surface area contributed by atoms with Crippen LogP contribution in [-0.4, -0.2) is 12.9 Å². The van der Waals surface area contributed by atoms with Gasteiger partial charge in [-0.1, -0.05) is 57.2 Å². The first-order valence-electron chi connectivity index (χ1n) is 7.17. The lowest BCUT2D eigenvalue weighted by Gasteiger charge is -2.19. The summed E-state index contributed by atoms with van der Waals surface area (Å²) < 4.78 is 5.12. The van der Waals surface area contributed by atoms with E-state index >= 15 is 0 Å². The van der Waals surface area contributed by atoms with E-state index < -0.39 is 0 Å². The van der Waals surface area contributed by atoms with Gasteiger partial charge >= 0.3 is 0 Å². The molecule has 0 aliphatic rings. The summed E-state index contributed by atoms with van der Waals surface area (Å²) in [7, 11) is 1.64. The molecule has 0 N–H and O–H groups in total. The molecule has 0 unspecified atom stereocenters. The van der Waals surface area contributed by atoms with E-state index in [1.807, 2.05) is 48.5 Å². The molecule has 21 heavy (non-hydrogen) atoms. The van der Waals surface area contributed by atoms with Crippen molar-refractivity contribution < 1.29 is 9.53 Å². The Hall–Kier alpha value is -2.09. The number of ketones is 1. The van der Waals surface area contributed by atoms with Crippen LogP contribution in [0.25, 0.3) is 0 Å². The molecule has 2 aromatic carbocycles. The summed E-state index contributed by atoms with van der Waals surface area (Å²) in [4.78, 5) is 12.3. The van der Waals surface area contributed by atoms with E-state index in [1.54, 1.807) is 7.11 Å². The first-order valence-corrected chi connectivity index (χ1v) is 7.17. The predicted octanol–water partition coefficient (Wildman–Crippen LogP) is 4.42. The number of hydrogen-bond donors (Lipinski definition) is 0. The first kappa shape index (κ1) is 15.3. The van der Waals surface area contributed by atoms with Gasteiger partial charge in [0.2, 0.25) is 0 Å². The third kappa shape index (κ3) is 3.94. The van der Waals surface area contributed by atoms with E-state index in [-0.39, 0.29) is 11.2 Å². The van der Waals surface area contributed by atoms with Crippen LogP contribution in [0.15, 0.2) is 48.5 Å². The molecule has 0 aromatic heterocycles. The highest BCUT2D eigenvalue weighted by Crippen LogP contribution is 2.22. The van der Waals surface area contributed by atoms with Crippen LogP contribution in [0.2, 0.25) is 0 Å². The quantitative estimate of drug-likeness (QED) is 0.776. The van der Waals surface area contributed by atoms with E-state index in [4.69, 9.17) is 4.74 Å². The number of benzene rings is 2. The lowest BCUT2D eigenvalue weighted by molar-refractivity contribution is 0.0993. The van der Waals surface area contributed by atoms with Gasteiger partial charge in [0.15, 0.2) is 5.78 Å². The van der Waals surface area contributed by atoms with Crippen LogP contribution in [0.5, 0.6) is 5.75 Å². The number of carbonyl (C=O) groups is 1. The molecule has 0 bridgehead atoms. The summed E-state index contributed by atoms with van der Waals surface area (Å²) in [6, 6.07) is 15.6. The minimum Gasteiger partial charge on any atom is -0.497 e. The van der Waals surface area contributed by atoms with Gasteiger partial charge in [-0.2, -0.15) is 0 Å². The maximum absolute atomic E-state index is 12.3. The molecule has 0 saturated carbocycles. The van der Waals surface area contributed by atoms with Crippen LogP contribution in [-0.2, 0) is 11.8 Å². The molecule has 2 aromatic rings. The molecule has 0 fully saturated rings. The minimum atomic E-state index is 0.109. The lowest BCUT2D eigenvalue weighted by atomic mass is 9.86. The molecule has 0 aliphatic carbocycles. The molecule has 2 nitrogen and oxygen atoms in total. The third-order valence-corrected chi connectivity index (χ3v) is 3.60. The molecule has 2 heteroatoms. The van der Waals surface area contributed by atoms with E-state index in [9.17, 15) is 4.79 Å². The van der Waals surface area contributed by atoms with Crippen LogP contribution < -0.4 is 4.74 Å². The van der Waals surface area contributed by atoms with Crippen molar-refractivity contribution in [1.82, 2.24) is 0 Å². The van der Waals surface area contributed by atoms with Crippen molar-refractivity contribution in [2.24, 2.45) is 0 Å². The Kier molecular flexibility index (Phi) is 4.46. The fourth-order valence-electron chi connectivity index (χ4n) is 2.19. The van der Waals surface area contributed by atoms with Gasteiger partial charge in [-0.3, -0.25) is 4.79 Å². The summed E-state index contributed by atoms with van der Waals surface area (Å²) in [5.74, 6) is 0.946. The van der Waals surface area contributed by atoms with Gasteiger partial charge in [0.25, 0.3) is 0 Å². The van der Waals surface area contributed by atoms with Gasteiger partial charge in [0.1, 0.15) is 5.75 Å². The van der Waals surface area contributed by atoms with Gasteiger partial charge in [0.05, 0.1) is 7.11 Å². The summed E-state index contributed by atoms with van der Waals surface area (Å²) in [5.41, 5.74) is 3.11. The fraction of sp³-hybridized carbons (Fsp3) is 0.316. The van der Waals surface area contributed by atoms with Gasteiger partial charge in [-0.15, -0.1) is 0 Å². The molecule has 0 atom stereocenters. The average molecular weight is 282 g/mol. The first-order chi connectivity index (χ1) is 9.90. The highest BCUT2D eigenvalue weighted by molar-refractivity contribution is 5.97. The smallest absolute Gasteiger partial charge is 0.167 e. The van der Waals surface area contributed by atoms with Crippen LogP contribution in [0.3, 0.4) is 0 Å². The Labute approximate surface area is 126 Å². The Balaban J connectivity index is 2.09. The van der Waals surface area contributed by atoms with Crippen molar-refractivity contribution >= 4 is 5.78 Å². The molecule has 0 spiro atoms. The minimum absolute atomic E-state index is 0.109. The second-order valence-corrected chi connectivity index (χ2v) is 6.28. The van der Waals surface area contributed by atoms with Gasteiger partial charge in [0, 0.05) is 12.0 Å². The van der Waals surface area contributed by atoms with Gasteiger partial charge < -0.3 is 4.74 Å². The largest absolute Gasteiger partial charge is 0.497 e. The number of ether oxygens (including phenoxy) is 1. The second-order valence-electron chi connectivity index (χ2n) is 6.28. The summed E-state index contributed by atoms with van der Waals surface area (Å²) in [6.07, 6.45) is 0.416. The van der Waals surface area contributed by atoms with Crippen molar-refractivity contribution in [1.29, 1.82) is 0 Å². The van der Waals surface area contributed by atoms with E-state index in [1.165, 1.54) is 5.56 Å². The standard InChI is InChI=1S/C19H22O2/c1-19(2,3)16-9-7-15(8-10-16)18(20)13-14-5-11-17(21-4)12-6-14/h5-12H,13H2,1-4H3. The van der Waals surface area contributed by atoms with Crippen LogP contribution in [0, 0.1) is 0 Å². The maximum Gasteiger partial charge on any atom is 0.167 e. The van der Waals surface area contributed by atoms with Crippen LogP contribution in [0.4, 0.5) is 0 Å².